The molecule has 2 aromatic carbocycles. The number of aliphatic hydroxyl groups excluding tert-OH is 1. The topological polar surface area (TPSA) is 69.9 Å². The van der Waals surface area contributed by atoms with E-state index in [9.17, 15) is 15.3 Å². The van der Waals surface area contributed by atoms with Crippen molar-refractivity contribution in [3.8, 4) is 11.5 Å². The van der Waals surface area contributed by atoms with Crippen LogP contribution in [0.4, 0.5) is 0 Å². The molecule has 2 rings (SSSR count). The van der Waals surface area contributed by atoms with Gasteiger partial charge in [-0.3, -0.25) is 0 Å². The molecule has 0 amide bonds. The van der Waals surface area contributed by atoms with Crippen LogP contribution < -0.4 is 0 Å². The molecule has 0 heterocycles. The van der Waals surface area contributed by atoms with Gasteiger partial charge in [-0.1, -0.05) is 36.4 Å². The van der Waals surface area contributed by atoms with Gasteiger partial charge in [0.1, 0.15) is 11.5 Å². The van der Waals surface area contributed by atoms with Crippen LogP contribution in [0.3, 0.4) is 0 Å². The maximum atomic E-state index is 9.71. The van der Waals surface area contributed by atoms with E-state index in [0.717, 1.165) is 12.8 Å². The average Bonchev–Trinajstić information content (AvgIpc) is 2.53. The van der Waals surface area contributed by atoms with E-state index in [0.29, 0.717) is 12.2 Å². The number of phenols is 2. The molecule has 116 valence electrons. The number of hydrogen-bond donors (Lipinski definition) is 3. The van der Waals surface area contributed by atoms with E-state index in [-0.39, 0.29) is 11.5 Å². The van der Waals surface area contributed by atoms with Crippen molar-refractivity contribution in [2.24, 2.45) is 0 Å². The smallest absolute Gasteiger partial charge is 0.174 e. The lowest BCUT2D eigenvalue weighted by atomic mass is 10.1. The highest BCUT2D eigenvalue weighted by Gasteiger charge is 2.02. The van der Waals surface area contributed by atoms with Crippen LogP contribution in [0.25, 0.3) is 6.08 Å². The lowest BCUT2D eigenvalue weighted by Crippen LogP contribution is -2.09. The first-order chi connectivity index (χ1) is 10.6. The normalized spacial score (nSPS) is 12.6. The Morgan fingerprint density at radius 2 is 1.82 bits per heavy atom. The van der Waals surface area contributed by atoms with Gasteiger partial charge < -0.3 is 20.1 Å². The maximum Gasteiger partial charge on any atom is 0.174 e. The molecule has 0 radical (unpaired) electrons. The standard InChI is InChI=1S/C18H20O4/c19-16-9-10-17(20)15(13-16)8-11-18(21)22-12-4-7-14-5-2-1-3-6-14/h1-3,5-6,8-11,13,18-21H,4,7,12H2/b11-8+. The number of benzene rings is 2. The van der Waals surface area contributed by atoms with E-state index < -0.39 is 6.29 Å². The molecular weight excluding hydrogens is 280 g/mol. The first-order valence-electron chi connectivity index (χ1n) is 7.19. The zero-order chi connectivity index (χ0) is 15.8. The van der Waals surface area contributed by atoms with Gasteiger partial charge in [0.15, 0.2) is 6.29 Å². The second kappa shape index (κ2) is 8.22. The Kier molecular flexibility index (Phi) is 6.01. The van der Waals surface area contributed by atoms with Crippen LogP contribution in [0.1, 0.15) is 17.5 Å². The van der Waals surface area contributed by atoms with Gasteiger partial charge in [0.2, 0.25) is 0 Å². The molecule has 4 heteroatoms. The summed E-state index contributed by atoms with van der Waals surface area (Å²) in [5, 5.41) is 28.7. The molecule has 2 aromatic rings. The van der Waals surface area contributed by atoms with Crippen molar-refractivity contribution in [1.29, 1.82) is 0 Å². The first kappa shape index (κ1) is 16.1. The molecule has 0 bridgehead atoms. The van der Waals surface area contributed by atoms with Gasteiger partial charge in [-0.25, -0.2) is 0 Å². The van der Waals surface area contributed by atoms with Gasteiger partial charge in [0.25, 0.3) is 0 Å². The Morgan fingerprint density at radius 3 is 2.59 bits per heavy atom. The van der Waals surface area contributed by atoms with Crippen molar-refractivity contribution in [2.75, 3.05) is 6.61 Å². The largest absolute Gasteiger partial charge is 0.508 e. The van der Waals surface area contributed by atoms with Crippen LogP contribution in [0.2, 0.25) is 0 Å². The summed E-state index contributed by atoms with van der Waals surface area (Å²) in [5.74, 6) is 0.0843. The zero-order valence-corrected chi connectivity index (χ0v) is 12.2. The van der Waals surface area contributed by atoms with Gasteiger partial charge >= 0.3 is 0 Å². The highest BCUT2D eigenvalue weighted by Crippen LogP contribution is 2.23. The third-order valence-electron chi connectivity index (χ3n) is 3.19. The lowest BCUT2D eigenvalue weighted by molar-refractivity contribution is -0.0640. The summed E-state index contributed by atoms with van der Waals surface area (Å²) in [6.45, 7) is 0.437. The number of aliphatic hydroxyl groups is 1. The fourth-order valence-corrected chi connectivity index (χ4v) is 2.04. The molecule has 3 N–H and O–H groups in total. The molecule has 0 aliphatic rings. The second-order valence-corrected chi connectivity index (χ2v) is 4.95. The van der Waals surface area contributed by atoms with Gasteiger partial charge in [0, 0.05) is 5.56 Å². The molecule has 0 aliphatic carbocycles. The molecular formula is C18H20O4. The number of aromatic hydroxyl groups is 2. The average molecular weight is 300 g/mol. The Labute approximate surface area is 129 Å². The summed E-state index contributed by atoms with van der Waals surface area (Å²) >= 11 is 0. The molecule has 0 aromatic heterocycles. The van der Waals surface area contributed by atoms with Crippen molar-refractivity contribution in [2.45, 2.75) is 19.1 Å². The van der Waals surface area contributed by atoms with Crippen LogP contribution in [-0.4, -0.2) is 28.2 Å². The maximum absolute atomic E-state index is 9.71. The third kappa shape index (κ3) is 5.24. The summed E-state index contributed by atoms with van der Waals surface area (Å²) in [5.41, 5.74) is 1.66. The molecule has 0 aliphatic heterocycles. The first-order valence-corrected chi connectivity index (χ1v) is 7.19. The Hall–Kier alpha value is -2.30. The van der Waals surface area contributed by atoms with Crippen molar-refractivity contribution in [1.82, 2.24) is 0 Å². The SMILES string of the molecule is Oc1ccc(O)c(/C=C/C(O)OCCCc2ccccc2)c1. The van der Waals surface area contributed by atoms with Crippen LogP contribution in [0.15, 0.2) is 54.6 Å². The molecule has 0 fully saturated rings. The second-order valence-electron chi connectivity index (χ2n) is 4.95. The van der Waals surface area contributed by atoms with Crippen LogP contribution >= 0.6 is 0 Å². The van der Waals surface area contributed by atoms with E-state index in [2.05, 4.69) is 12.1 Å². The van der Waals surface area contributed by atoms with Crippen molar-refractivity contribution >= 4 is 6.08 Å². The fourth-order valence-electron chi connectivity index (χ4n) is 2.04. The molecule has 4 nitrogen and oxygen atoms in total. The Bertz CT molecular complexity index is 608. The fraction of sp³-hybridized carbons (Fsp3) is 0.222. The molecule has 0 saturated heterocycles. The minimum absolute atomic E-state index is 0.0327. The predicted molar refractivity (Wildman–Crippen MR) is 85.5 cm³/mol. The molecule has 22 heavy (non-hydrogen) atoms. The summed E-state index contributed by atoms with van der Waals surface area (Å²) in [6.07, 6.45) is 3.60. The highest BCUT2D eigenvalue weighted by molar-refractivity contribution is 5.59. The van der Waals surface area contributed by atoms with Gasteiger partial charge in [-0.05, 0) is 42.7 Å². The summed E-state index contributed by atoms with van der Waals surface area (Å²) in [7, 11) is 0. The number of hydrogen-bond acceptors (Lipinski definition) is 4. The van der Waals surface area contributed by atoms with Crippen LogP contribution in [0, 0.1) is 0 Å². The van der Waals surface area contributed by atoms with Crippen LogP contribution in [-0.2, 0) is 11.2 Å². The van der Waals surface area contributed by atoms with Crippen LogP contribution in [0.5, 0.6) is 11.5 Å². The monoisotopic (exact) mass is 300 g/mol. The van der Waals surface area contributed by atoms with E-state index in [1.165, 1.54) is 35.9 Å². The lowest BCUT2D eigenvalue weighted by Gasteiger charge is -2.08. The van der Waals surface area contributed by atoms with Gasteiger partial charge in [-0.15, -0.1) is 0 Å². The third-order valence-corrected chi connectivity index (χ3v) is 3.19. The number of rotatable bonds is 7. The van der Waals surface area contributed by atoms with Crippen molar-refractivity contribution < 1.29 is 20.1 Å². The van der Waals surface area contributed by atoms with E-state index in [1.807, 2.05) is 18.2 Å². The summed E-state index contributed by atoms with van der Waals surface area (Å²) < 4.78 is 5.28. The Morgan fingerprint density at radius 1 is 1.05 bits per heavy atom. The Balaban J connectivity index is 1.74. The van der Waals surface area contributed by atoms with Gasteiger partial charge in [-0.2, -0.15) is 0 Å². The van der Waals surface area contributed by atoms with E-state index >= 15 is 0 Å². The molecule has 1 atom stereocenters. The number of phenolic OH excluding ortho intramolecular Hbond substituents is 2. The summed E-state index contributed by atoms with van der Waals surface area (Å²) in [4.78, 5) is 0. The van der Waals surface area contributed by atoms with Gasteiger partial charge in [0.05, 0.1) is 6.61 Å². The van der Waals surface area contributed by atoms with Crippen molar-refractivity contribution in [3.63, 3.8) is 0 Å². The quantitative estimate of drug-likeness (QED) is 0.417. The highest BCUT2D eigenvalue weighted by atomic mass is 16.6. The minimum atomic E-state index is -1.04. The number of aryl methyl sites for hydroxylation is 1. The molecule has 0 saturated carbocycles. The molecule has 1 unspecified atom stereocenters. The zero-order valence-electron chi connectivity index (χ0n) is 12.2. The van der Waals surface area contributed by atoms with E-state index in [4.69, 9.17) is 4.74 Å². The minimum Gasteiger partial charge on any atom is -0.508 e. The van der Waals surface area contributed by atoms with Crippen molar-refractivity contribution in [3.05, 3.63) is 65.7 Å². The molecule has 0 spiro atoms. The predicted octanol–water partition coefficient (Wildman–Crippen LogP) is 3.08. The van der Waals surface area contributed by atoms with E-state index in [1.54, 1.807) is 0 Å². The number of ether oxygens (including phenoxy) is 1. The summed E-state index contributed by atoms with van der Waals surface area (Å²) in [6, 6.07) is 14.3.